The predicted octanol–water partition coefficient (Wildman–Crippen LogP) is 2.91. The van der Waals surface area contributed by atoms with Crippen LogP contribution >= 0.6 is 0 Å². The van der Waals surface area contributed by atoms with Gasteiger partial charge < -0.3 is 14.6 Å². The van der Waals surface area contributed by atoms with Gasteiger partial charge in [0, 0.05) is 25.5 Å². The molecule has 1 heterocycles. The molecular formula is C14H16N2O2. The number of amides is 1. The molecule has 0 bridgehead atoms. The maximum absolute atomic E-state index is 11.9. The van der Waals surface area contributed by atoms with E-state index in [1.807, 2.05) is 50.2 Å². The zero-order valence-electron chi connectivity index (χ0n) is 10.7. The Hall–Kier alpha value is -2.23. The molecule has 1 N–H and O–H groups in total. The van der Waals surface area contributed by atoms with E-state index in [-0.39, 0.29) is 5.91 Å². The third kappa shape index (κ3) is 2.71. The van der Waals surface area contributed by atoms with Crippen molar-refractivity contribution in [1.82, 2.24) is 0 Å². The van der Waals surface area contributed by atoms with Crippen molar-refractivity contribution in [1.29, 1.82) is 0 Å². The van der Waals surface area contributed by atoms with Gasteiger partial charge in [-0.05, 0) is 37.3 Å². The van der Waals surface area contributed by atoms with E-state index in [1.165, 1.54) is 0 Å². The molecule has 0 aliphatic carbocycles. The monoisotopic (exact) mass is 244 g/mol. The molecule has 1 aromatic carbocycles. The normalized spacial score (nSPS) is 10.2. The van der Waals surface area contributed by atoms with E-state index in [2.05, 4.69) is 5.32 Å². The van der Waals surface area contributed by atoms with Crippen molar-refractivity contribution in [2.75, 3.05) is 24.3 Å². The number of carbonyl (C=O) groups is 1. The summed E-state index contributed by atoms with van der Waals surface area (Å²) in [7, 11) is 3.91. The molecule has 0 aliphatic rings. The van der Waals surface area contributed by atoms with Crippen LogP contribution in [0.4, 0.5) is 11.4 Å². The highest BCUT2D eigenvalue weighted by Crippen LogP contribution is 2.18. The lowest BCUT2D eigenvalue weighted by molar-refractivity contribution is 0.0995. The second kappa shape index (κ2) is 4.96. The van der Waals surface area contributed by atoms with E-state index in [0.29, 0.717) is 5.76 Å². The molecule has 4 heteroatoms. The van der Waals surface area contributed by atoms with Crippen molar-refractivity contribution < 1.29 is 9.21 Å². The van der Waals surface area contributed by atoms with Crippen molar-refractivity contribution >= 4 is 17.3 Å². The number of aryl methyl sites for hydroxylation is 1. The van der Waals surface area contributed by atoms with Gasteiger partial charge >= 0.3 is 0 Å². The number of benzene rings is 1. The molecular weight excluding hydrogens is 228 g/mol. The van der Waals surface area contributed by atoms with Crippen molar-refractivity contribution in [2.45, 2.75) is 6.92 Å². The van der Waals surface area contributed by atoms with Gasteiger partial charge in [-0.1, -0.05) is 6.07 Å². The number of rotatable bonds is 3. The molecule has 0 saturated carbocycles. The first kappa shape index (κ1) is 12.2. The average Bonchev–Trinajstić information content (AvgIpc) is 2.76. The number of furan rings is 1. The smallest absolute Gasteiger partial charge is 0.291 e. The molecule has 0 saturated heterocycles. The Labute approximate surface area is 106 Å². The van der Waals surface area contributed by atoms with Crippen LogP contribution in [-0.4, -0.2) is 20.0 Å². The van der Waals surface area contributed by atoms with Crippen molar-refractivity contribution in [2.24, 2.45) is 0 Å². The van der Waals surface area contributed by atoms with Crippen molar-refractivity contribution in [3.05, 3.63) is 47.9 Å². The zero-order valence-corrected chi connectivity index (χ0v) is 10.7. The second-order valence-corrected chi connectivity index (χ2v) is 4.31. The van der Waals surface area contributed by atoms with Gasteiger partial charge in [0.2, 0.25) is 0 Å². The van der Waals surface area contributed by atoms with Gasteiger partial charge in [0.15, 0.2) is 5.76 Å². The predicted molar refractivity (Wildman–Crippen MR) is 72.2 cm³/mol. The van der Waals surface area contributed by atoms with Crippen LogP contribution in [-0.2, 0) is 0 Å². The number of nitrogens with zero attached hydrogens (tertiary/aromatic N) is 1. The van der Waals surface area contributed by atoms with Gasteiger partial charge in [0.25, 0.3) is 5.91 Å². The molecule has 1 amide bonds. The maximum Gasteiger partial charge on any atom is 0.291 e. The molecule has 18 heavy (non-hydrogen) atoms. The summed E-state index contributed by atoms with van der Waals surface area (Å²) in [6.45, 7) is 1.81. The number of hydrogen-bond donors (Lipinski definition) is 1. The molecule has 0 radical (unpaired) electrons. The minimum Gasteiger partial charge on any atom is -0.456 e. The molecule has 0 aliphatic heterocycles. The third-order valence-electron chi connectivity index (χ3n) is 2.58. The summed E-state index contributed by atoms with van der Waals surface area (Å²) < 4.78 is 5.27. The van der Waals surface area contributed by atoms with Crippen LogP contribution in [0.3, 0.4) is 0 Å². The number of nitrogens with one attached hydrogen (secondary N) is 1. The van der Waals surface area contributed by atoms with Gasteiger partial charge in [0.05, 0.1) is 0 Å². The number of hydrogen-bond acceptors (Lipinski definition) is 3. The molecule has 0 atom stereocenters. The lowest BCUT2D eigenvalue weighted by Crippen LogP contribution is -2.12. The number of anilines is 2. The van der Waals surface area contributed by atoms with Crippen LogP contribution in [0, 0.1) is 6.92 Å². The van der Waals surface area contributed by atoms with E-state index in [0.717, 1.165) is 17.1 Å². The molecule has 2 aromatic rings. The van der Waals surface area contributed by atoms with Crippen LogP contribution in [0.25, 0.3) is 0 Å². The van der Waals surface area contributed by atoms with Crippen LogP contribution in [0.5, 0.6) is 0 Å². The second-order valence-electron chi connectivity index (χ2n) is 4.31. The minimum absolute atomic E-state index is 0.237. The summed E-state index contributed by atoms with van der Waals surface area (Å²) in [4.78, 5) is 13.9. The minimum atomic E-state index is -0.237. The fraction of sp³-hybridized carbons (Fsp3) is 0.214. The fourth-order valence-corrected chi connectivity index (χ4v) is 1.61. The quantitative estimate of drug-likeness (QED) is 0.903. The first-order valence-electron chi connectivity index (χ1n) is 5.71. The first-order chi connectivity index (χ1) is 8.56. The number of carbonyl (C=O) groups excluding carboxylic acids is 1. The Morgan fingerprint density at radius 3 is 2.61 bits per heavy atom. The molecule has 1 aromatic heterocycles. The van der Waals surface area contributed by atoms with Gasteiger partial charge in [-0.3, -0.25) is 4.79 Å². The highest BCUT2D eigenvalue weighted by molar-refractivity contribution is 6.02. The highest BCUT2D eigenvalue weighted by atomic mass is 16.3. The summed E-state index contributed by atoms with van der Waals surface area (Å²) in [6, 6.07) is 11.1. The van der Waals surface area contributed by atoms with Gasteiger partial charge in [-0.15, -0.1) is 0 Å². The fourth-order valence-electron chi connectivity index (χ4n) is 1.61. The average molecular weight is 244 g/mol. The Balaban J connectivity index is 2.14. The van der Waals surface area contributed by atoms with Crippen LogP contribution in [0.15, 0.2) is 40.8 Å². The maximum atomic E-state index is 11.9. The van der Waals surface area contributed by atoms with Crippen LogP contribution in [0.2, 0.25) is 0 Å². The Bertz CT molecular complexity index is 558. The Kier molecular flexibility index (Phi) is 3.37. The van der Waals surface area contributed by atoms with Gasteiger partial charge in [0.1, 0.15) is 5.76 Å². The molecule has 0 spiro atoms. The van der Waals surface area contributed by atoms with Crippen LogP contribution in [0.1, 0.15) is 16.3 Å². The van der Waals surface area contributed by atoms with E-state index in [1.54, 1.807) is 12.1 Å². The summed E-state index contributed by atoms with van der Waals surface area (Å²) in [5, 5.41) is 2.81. The Morgan fingerprint density at radius 2 is 2.00 bits per heavy atom. The van der Waals surface area contributed by atoms with Crippen molar-refractivity contribution in [3.63, 3.8) is 0 Å². The summed E-state index contributed by atoms with van der Waals surface area (Å²) >= 11 is 0. The third-order valence-corrected chi connectivity index (χ3v) is 2.58. The summed E-state index contributed by atoms with van der Waals surface area (Å²) in [6.07, 6.45) is 0. The van der Waals surface area contributed by atoms with Crippen molar-refractivity contribution in [3.8, 4) is 0 Å². The standard InChI is InChI=1S/C14H16N2O2/c1-10-7-8-13(18-10)14(17)15-11-5-4-6-12(9-11)16(2)3/h4-9H,1-3H3,(H,15,17). The lowest BCUT2D eigenvalue weighted by atomic mass is 10.2. The van der Waals surface area contributed by atoms with Crippen LogP contribution < -0.4 is 10.2 Å². The summed E-state index contributed by atoms with van der Waals surface area (Å²) in [5.74, 6) is 0.809. The van der Waals surface area contributed by atoms with Gasteiger partial charge in [-0.2, -0.15) is 0 Å². The SMILES string of the molecule is Cc1ccc(C(=O)Nc2cccc(N(C)C)c2)o1. The molecule has 0 fully saturated rings. The van der Waals surface area contributed by atoms with E-state index in [9.17, 15) is 4.79 Å². The molecule has 94 valence electrons. The first-order valence-corrected chi connectivity index (χ1v) is 5.71. The van der Waals surface area contributed by atoms with Gasteiger partial charge in [-0.25, -0.2) is 0 Å². The highest BCUT2D eigenvalue weighted by Gasteiger charge is 2.10. The largest absolute Gasteiger partial charge is 0.456 e. The van der Waals surface area contributed by atoms with E-state index < -0.39 is 0 Å². The topological polar surface area (TPSA) is 45.5 Å². The Morgan fingerprint density at radius 1 is 1.22 bits per heavy atom. The molecule has 0 unspecified atom stereocenters. The summed E-state index contributed by atoms with van der Waals surface area (Å²) in [5.41, 5.74) is 1.78. The zero-order chi connectivity index (χ0) is 13.1. The lowest BCUT2D eigenvalue weighted by Gasteiger charge is -2.13. The molecule has 4 nitrogen and oxygen atoms in total. The molecule has 2 rings (SSSR count). The van der Waals surface area contributed by atoms with E-state index in [4.69, 9.17) is 4.42 Å². The van der Waals surface area contributed by atoms with E-state index >= 15 is 0 Å².